The van der Waals surface area contributed by atoms with Crippen molar-refractivity contribution in [3.63, 3.8) is 0 Å². The molecule has 1 unspecified atom stereocenters. The Morgan fingerprint density at radius 2 is 1.47 bits per heavy atom. The zero-order valence-electron chi connectivity index (χ0n) is 21.8. The summed E-state index contributed by atoms with van der Waals surface area (Å²) in [6, 6.07) is 19.9. The molecule has 1 atom stereocenters. The summed E-state index contributed by atoms with van der Waals surface area (Å²) in [6.07, 6.45) is 1.01. The van der Waals surface area contributed by atoms with Crippen LogP contribution in [0, 0.1) is 5.82 Å². The Labute approximate surface area is 223 Å². The third-order valence-corrected chi connectivity index (χ3v) is 6.79. The van der Waals surface area contributed by atoms with Crippen LogP contribution in [-0.2, 0) is 26.2 Å². The van der Waals surface area contributed by atoms with E-state index in [0.717, 1.165) is 10.6 Å². The second-order valence-corrected chi connectivity index (χ2v) is 11.1. The highest BCUT2D eigenvalue weighted by Gasteiger charge is 2.30. The van der Waals surface area contributed by atoms with Crippen LogP contribution >= 0.6 is 0 Å². The van der Waals surface area contributed by atoms with Gasteiger partial charge >= 0.3 is 0 Å². The Balaban J connectivity index is 1.85. The predicted octanol–water partition coefficient (Wildman–Crippen LogP) is 4.33. The third kappa shape index (κ3) is 8.04. The topological polar surface area (TPSA) is 96.0 Å². The molecule has 202 valence electrons. The molecule has 0 saturated carbocycles. The number of carbonyl (C=O) groups is 2. The average Bonchev–Trinajstić information content (AvgIpc) is 2.86. The number of carbonyl (C=O) groups excluding carboxylic acids is 2. The van der Waals surface area contributed by atoms with Crippen LogP contribution in [0.5, 0.6) is 11.5 Å². The van der Waals surface area contributed by atoms with E-state index in [-0.39, 0.29) is 24.2 Å². The Hall–Kier alpha value is -3.92. The quantitative estimate of drug-likeness (QED) is 0.390. The molecule has 3 aromatic carbocycles. The van der Waals surface area contributed by atoms with Crippen LogP contribution in [0.15, 0.2) is 78.9 Å². The average molecular weight is 542 g/mol. The summed E-state index contributed by atoms with van der Waals surface area (Å²) in [5.41, 5.74) is 0.861. The molecule has 3 aromatic rings. The number of nitrogens with one attached hydrogen (secondary N) is 1. The number of amides is 2. The highest BCUT2D eigenvalue weighted by molar-refractivity contribution is 7.92. The van der Waals surface area contributed by atoms with E-state index in [1.165, 1.54) is 29.2 Å². The number of anilines is 1. The lowest BCUT2D eigenvalue weighted by Gasteiger charge is -2.32. The molecule has 8 nitrogen and oxygen atoms in total. The summed E-state index contributed by atoms with van der Waals surface area (Å²) in [4.78, 5) is 27.6. The van der Waals surface area contributed by atoms with Crippen molar-refractivity contribution in [2.24, 2.45) is 0 Å². The third-order valence-electron chi connectivity index (χ3n) is 5.65. The molecule has 10 heteroatoms. The summed E-state index contributed by atoms with van der Waals surface area (Å²) in [5, 5.41) is 2.78. The van der Waals surface area contributed by atoms with E-state index in [1.54, 1.807) is 57.2 Å². The zero-order chi connectivity index (χ0) is 27.9. The van der Waals surface area contributed by atoms with Crippen molar-refractivity contribution in [3.8, 4) is 11.5 Å². The first kappa shape index (κ1) is 28.6. The van der Waals surface area contributed by atoms with Gasteiger partial charge in [0.1, 0.15) is 29.9 Å². The molecule has 3 rings (SSSR count). The largest absolute Gasteiger partial charge is 0.457 e. The van der Waals surface area contributed by atoms with E-state index in [2.05, 4.69) is 5.32 Å². The summed E-state index contributed by atoms with van der Waals surface area (Å²) >= 11 is 0. The number of hydrogen-bond donors (Lipinski definition) is 1. The zero-order valence-corrected chi connectivity index (χ0v) is 22.6. The number of nitrogens with zero attached hydrogens (tertiary/aromatic N) is 2. The van der Waals surface area contributed by atoms with Crippen molar-refractivity contribution in [2.75, 3.05) is 17.1 Å². The lowest BCUT2D eigenvalue weighted by Crippen LogP contribution is -2.52. The van der Waals surface area contributed by atoms with Crippen molar-refractivity contribution in [1.82, 2.24) is 10.2 Å². The van der Waals surface area contributed by atoms with Gasteiger partial charge in [-0.05, 0) is 74.9 Å². The molecule has 0 saturated heterocycles. The molecular weight excluding hydrogens is 509 g/mol. The second kappa shape index (κ2) is 12.6. The molecule has 0 aliphatic heterocycles. The highest BCUT2D eigenvalue weighted by atomic mass is 32.2. The Kier molecular flexibility index (Phi) is 9.46. The van der Waals surface area contributed by atoms with Gasteiger partial charge < -0.3 is 15.0 Å². The number of para-hydroxylation sites is 1. The fourth-order valence-corrected chi connectivity index (χ4v) is 4.54. The smallest absolute Gasteiger partial charge is 0.244 e. The van der Waals surface area contributed by atoms with Gasteiger partial charge in [-0.15, -0.1) is 0 Å². The normalized spacial score (nSPS) is 12.1. The molecule has 1 N–H and O–H groups in total. The molecule has 0 aliphatic carbocycles. The predicted molar refractivity (Wildman–Crippen MR) is 145 cm³/mol. The van der Waals surface area contributed by atoms with Gasteiger partial charge in [-0.3, -0.25) is 13.9 Å². The minimum absolute atomic E-state index is 0.00670. The molecule has 0 spiro atoms. The van der Waals surface area contributed by atoms with E-state index in [1.807, 2.05) is 18.2 Å². The number of rotatable bonds is 11. The SMILES string of the molecule is CC(C)NC(=O)C(C)N(Cc1ccc(F)cc1)C(=O)CN(c1ccc(Oc2ccccc2)cc1)S(C)(=O)=O. The van der Waals surface area contributed by atoms with E-state index < -0.39 is 34.3 Å². The molecule has 0 aromatic heterocycles. The Morgan fingerprint density at radius 3 is 2.03 bits per heavy atom. The van der Waals surface area contributed by atoms with Gasteiger partial charge in [0.25, 0.3) is 0 Å². The minimum Gasteiger partial charge on any atom is -0.457 e. The van der Waals surface area contributed by atoms with Crippen molar-refractivity contribution in [3.05, 3.63) is 90.2 Å². The fraction of sp³-hybridized carbons (Fsp3) is 0.286. The van der Waals surface area contributed by atoms with E-state index >= 15 is 0 Å². The second-order valence-electron chi connectivity index (χ2n) is 9.17. The first-order chi connectivity index (χ1) is 17.9. The van der Waals surface area contributed by atoms with Crippen LogP contribution in [0.1, 0.15) is 26.3 Å². The first-order valence-electron chi connectivity index (χ1n) is 12.1. The van der Waals surface area contributed by atoms with Crippen LogP contribution in [0.3, 0.4) is 0 Å². The molecular formula is C28H32FN3O5S. The monoisotopic (exact) mass is 541 g/mol. The van der Waals surface area contributed by atoms with Crippen molar-refractivity contribution in [1.29, 1.82) is 0 Å². The van der Waals surface area contributed by atoms with Crippen LogP contribution in [0.25, 0.3) is 0 Å². The molecule has 38 heavy (non-hydrogen) atoms. The minimum atomic E-state index is -3.87. The lowest BCUT2D eigenvalue weighted by atomic mass is 10.1. The van der Waals surface area contributed by atoms with Gasteiger partial charge in [0, 0.05) is 12.6 Å². The van der Waals surface area contributed by atoms with Gasteiger partial charge in [-0.25, -0.2) is 12.8 Å². The van der Waals surface area contributed by atoms with E-state index in [4.69, 9.17) is 4.74 Å². The van der Waals surface area contributed by atoms with E-state index in [0.29, 0.717) is 17.1 Å². The maximum atomic E-state index is 13.5. The fourth-order valence-electron chi connectivity index (χ4n) is 3.69. The molecule has 0 heterocycles. The van der Waals surface area contributed by atoms with Crippen LogP contribution in [-0.4, -0.2) is 50.0 Å². The highest BCUT2D eigenvalue weighted by Crippen LogP contribution is 2.26. The lowest BCUT2D eigenvalue weighted by molar-refractivity contribution is -0.139. The number of hydrogen-bond acceptors (Lipinski definition) is 5. The van der Waals surface area contributed by atoms with E-state index in [9.17, 15) is 22.4 Å². The van der Waals surface area contributed by atoms with Crippen LogP contribution < -0.4 is 14.4 Å². The molecule has 0 fully saturated rings. The van der Waals surface area contributed by atoms with Crippen LogP contribution in [0.4, 0.5) is 10.1 Å². The maximum Gasteiger partial charge on any atom is 0.244 e. The summed E-state index contributed by atoms with van der Waals surface area (Å²) in [5.74, 6) is -0.281. The number of sulfonamides is 1. The van der Waals surface area contributed by atoms with Gasteiger partial charge in [-0.1, -0.05) is 30.3 Å². The Bertz CT molecular complexity index is 1330. The molecule has 0 aliphatic rings. The standard InChI is InChI=1S/C28H32FN3O5S/c1-20(2)30-28(34)21(3)31(18-22-10-12-23(29)13-11-22)27(33)19-32(38(4,35)36)24-14-16-26(17-15-24)37-25-8-6-5-7-9-25/h5-17,20-21H,18-19H2,1-4H3,(H,30,34). The summed E-state index contributed by atoms with van der Waals surface area (Å²) in [7, 11) is -3.87. The molecule has 2 amide bonds. The van der Waals surface area contributed by atoms with Gasteiger partial charge in [-0.2, -0.15) is 0 Å². The molecule has 0 radical (unpaired) electrons. The number of ether oxygens (including phenoxy) is 1. The maximum absolute atomic E-state index is 13.5. The van der Waals surface area contributed by atoms with Crippen molar-refractivity contribution >= 4 is 27.5 Å². The number of halogens is 1. The van der Waals surface area contributed by atoms with Gasteiger partial charge in [0.2, 0.25) is 21.8 Å². The van der Waals surface area contributed by atoms with Gasteiger partial charge in [0.15, 0.2) is 0 Å². The summed E-state index contributed by atoms with van der Waals surface area (Å²) in [6.45, 7) is 4.63. The first-order valence-corrected chi connectivity index (χ1v) is 13.9. The van der Waals surface area contributed by atoms with Crippen molar-refractivity contribution < 1.29 is 27.1 Å². The number of benzene rings is 3. The molecule has 0 bridgehead atoms. The summed E-state index contributed by atoms with van der Waals surface area (Å²) < 4.78 is 45.6. The van der Waals surface area contributed by atoms with Crippen LogP contribution in [0.2, 0.25) is 0 Å². The van der Waals surface area contributed by atoms with Gasteiger partial charge in [0.05, 0.1) is 11.9 Å². The Morgan fingerprint density at radius 1 is 0.895 bits per heavy atom. The van der Waals surface area contributed by atoms with Crippen molar-refractivity contribution in [2.45, 2.75) is 39.4 Å².